The molecule has 1 saturated heterocycles. The molecule has 1 aliphatic heterocycles. The molecule has 0 bridgehead atoms. The van der Waals surface area contributed by atoms with Crippen molar-refractivity contribution in [2.24, 2.45) is 0 Å². The molecule has 218 valence electrons. The van der Waals surface area contributed by atoms with Crippen LogP contribution in [0, 0.1) is 0 Å². The van der Waals surface area contributed by atoms with Crippen LogP contribution in [0.4, 0.5) is 10.6 Å². The molecule has 3 aromatic carbocycles. The number of amides is 1. The summed E-state index contributed by atoms with van der Waals surface area (Å²) in [6.45, 7) is 5.81. The van der Waals surface area contributed by atoms with Crippen molar-refractivity contribution in [3.63, 3.8) is 0 Å². The van der Waals surface area contributed by atoms with Crippen molar-refractivity contribution in [3.05, 3.63) is 126 Å². The Balaban J connectivity index is 1.45. The van der Waals surface area contributed by atoms with E-state index in [1.165, 1.54) is 4.90 Å². The number of likely N-dealkylation sites (tertiary alicyclic amines) is 1. The summed E-state index contributed by atoms with van der Waals surface area (Å²) in [5.41, 5.74) is 2.62. The molecule has 5 aromatic rings. The van der Waals surface area contributed by atoms with Gasteiger partial charge in [0.2, 0.25) is 0 Å². The van der Waals surface area contributed by atoms with Crippen molar-refractivity contribution in [1.82, 2.24) is 19.4 Å². The van der Waals surface area contributed by atoms with Crippen LogP contribution in [-0.4, -0.2) is 56.0 Å². The summed E-state index contributed by atoms with van der Waals surface area (Å²) in [6, 6.07) is 33.0. The molecule has 1 unspecified atom stereocenters. The summed E-state index contributed by atoms with van der Waals surface area (Å²) in [6.07, 6.45) is 3.39. The molecule has 1 atom stereocenters. The van der Waals surface area contributed by atoms with Gasteiger partial charge in [0.25, 0.3) is 0 Å². The molecule has 1 fully saturated rings. The maximum absolute atomic E-state index is 12.8. The van der Waals surface area contributed by atoms with Crippen LogP contribution in [0.5, 0.6) is 0 Å². The van der Waals surface area contributed by atoms with Gasteiger partial charge in [-0.25, -0.2) is 14.8 Å². The number of fused-ring (bicyclic) bond motifs is 1. The van der Waals surface area contributed by atoms with Crippen molar-refractivity contribution in [2.45, 2.75) is 44.4 Å². The second kappa shape index (κ2) is 11.4. The molecule has 8 nitrogen and oxygen atoms in total. The van der Waals surface area contributed by atoms with E-state index in [1.54, 1.807) is 6.33 Å². The van der Waals surface area contributed by atoms with Gasteiger partial charge in [-0.2, -0.15) is 0 Å². The lowest BCUT2D eigenvalue weighted by atomic mass is 9.76. The number of nitrogens with zero attached hydrogens (tertiary/aromatic N) is 4. The number of piperidine rings is 1. The van der Waals surface area contributed by atoms with Crippen LogP contribution in [0.3, 0.4) is 0 Å². The predicted molar refractivity (Wildman–Crippen MR) is 167 cm³/mol. The first-order valence-electron chi connectivity index (χ1n) is 14.5. The molecule has 6 rings (SSSR count). The van der Waals surface area contributed by atoms with E-state index in [4.69, 9.17) is 9.72 Å². The highest BCUT2D eigenvalue weighted by Gasteiger charge is 2.40. The molecule has 1 amide bonds. The highest BCUT2D eigenvalue weighted by Crippen LogP contribution is 2.43. The molecular weight excluding hydrogens is 538 g/mol. The molecular formula is C35H35N5O3. The number of ketones is 1. The topological polar surface area (TPSA) is 89.3 Å². The van der Waals surface area contributed by atoms with Gasteiger partial charge in [0.05, 0.1) is 18.0 Å². The van der Waals surface area contributed by atoms with Gasteiger partial charge >= 0.3 is 6.09 Å². The van der Waals surface area contributed by atoms with Gasteiger partial charge in [0, 0.05) is 19.2 Å². The molecule has 1 aliphatic rings. The Bertz CT molecular complexity index is 1630. The molecule has 0 spiro atoms. The number of anilines is 1. The van der Waals surface area contributed by atoms with Crippen molar-refractivity contribution < 1.29 is 14.3 Å². The molecule has 3 heterocycles. The normalized spacial score (nSPS) is 15.8. The van der Waals surface area contributed by atoms with E-state index in [2.05, 4.69) is 93.9 Å². The van der Waals surface area contributed by atoms with Gasteiger partial charge in [-0.15, -0.1) is 0 Å². The van der Waals surface area contributed by atoms with Crippen molar-refractivity contribution >= 4 is 28.7 Å². The van der Waals surface area contributed by atoms with E-state index in [0.717, 1.165) is 27.7 Å². The maximum atomic E-state index is 12.8. The summed E-state index contributed by atoms with van der Waals surface area (Å²) in [4.78, 5) is 36.3. The van der Waals surface area contributed by atoms with Crippen LogP contribution < -0.4 is 5.32 Å². The van der Waals surface area contributed by atoms with Gasteiger partial charge in [0.1, 0.15) is 28.9 Å². The number of ether oxygens (including phenoxy) is 1. The Labute approximate surface area is 251 Å². The number of carbonyl (C=O) groups is 2. The van der Waals surface area contributed by atoms with Crippen LogP contribution in [0.2, 0.25) is 0 Å². The van der Waals surface area contributed by atoms with Gasteiger partial charge < -0.3 is 14.6 Å². The minimum absolute atomic E-state index is 0.0336. The third-order valence-electron chi connectivity index (χ3n) is 7.69. The Morgan fingerprint density at radius 3 is 1.93 bits per heavy atom. The largest absolute Gasteiger partial charge is 0.444 e. The molecule has 2 aromatic heterocycles. The number of hydrogen-bond donors (Lipinski definition) is 1. The standard InChI is InChI=1S/C35H35N5O3/c1-34(2,3)43-33(42)39-22-28(21-29(41)23-39)38-31-30-19-20-40(32(30)37-24-36-31)35(25-13-7-4-8-14-25,26-15-9-5-10-16-26)27-17-11-6-12-18-27/h4-20,24,28H,21-23H2,1-3H3,(H,36,37,38). The average Bonchev–Trinajstić information content (AvgIpc) is 3.44. The second-order valence-corrected chi connectivity index (χ2v) is 11.9. The number of hydrogen-bond acceptors (Lipinski definition) is 6. The van der Waals surface area contributed by atoms with Crippen LogP contribution in [0.25, 0.3) is 11.0 Å². The number of Topliss-reactive ketones (excluding diaryl/α,β-unsaturated/α-hetero) is 1. The molecule has 0 radical (unpaired) electrons. The zero-order valence-electron chi connectivity index (χ0n) is 24.6. The zero-order valence-corrected chi connectivity index (χ0v) is 24.6. The third kappa shape index (κ3) is 5.48. The SMILES string of the molecule is CC(C)(C)OC(=O)N1CC(=O)CC(Nc2ncnc3c2ccn3C(c2ccccc2)(c2ccccc2)c2ccccc2)C1. The number of carbonyl (C=O) groups excluding carboxylic acids is 2. The quantitative estimate of drug-likeness (QED) is 0.241. The number of rotatable bonds is 6. The molecule has 0 saturated carbocycles. The predicted octanol–water partition coefficient (Wildman–Crippen LogP) is 6.26. The molecule has 8 heteroatoms. The van der Waals surface area contributed by atoms with Gasteiger partial charge in [0.15, 0.2) is 5.78 Å². The Morgan fingerprint density at radius 1 is 0.837 bits per heavy atom. The summed E-state index contributed by atoms with van der Waals surface area (Å²) >= 11 is 0. The monoisotopic (exact) mass is 573 g/mol. The smallest absolute Gasteiger partial charge is 0.410 e. The first-order chi connectivity index (χ1) is 20.8. The van der Waals surface area contributed by atoms with E-state index in [1.807, 2.05) is 45.0 Å². The zero-order chi connectivity index (χ0) is 30.0. The number of nitrogens with one attached hydrogen (secondary N) is 1. The van der Waals surface area contributed by atoms with Crippen LogP contribution in [0.1, 0.15) is 43.9 Å². The Hall–Kier alpha value is -4.98. The molecule has 43 heavy (non-hydrogen) atoms. The molecule has 1 N–H and O–H groups in total. The summed E-state index contributed by atoms with van der Waals surface area (Å²) in [5, 5.41) is 4.27. The van der Waals surface area contributed by atoms with E-state index < -0.39 is 17.2 Å². The van der Waals surface area contributed by atoms with Crippen molar-refractivity contribution in [3.8, 4) is 0 Å². The minimum Gasteiger partial charge on any atom is -0.444 e. The average molecular weight is 574 g/mol. The highest BCUT2D eigenvalue weighted by molar-refractivity contribution is 5.90. The van der Waals surface area contributed by atoms with Crippen molar-refractivity contribution in [1.29, 1.82) is 0 Å². The van der Waals surface area contributed by atoms with Crippen LogP contribution in [0.15, 0.2) is 110 Å². The first-order valence-corrected chi connectivity index (χ1v) is 14.5. The van der Waals surface area contributed by atoms with E-state index >= 15 is 0 Å². The fourth-order valence-electron chi connectivity index (χ4n) is 6.00. The lowest BCUT2D eigenvalue weighted by molar-refractivity contribution is -0.122. The second-order valence-electron chi connectivity index (χ2n) is 11.9. The van der Waals surface area contributed by atoms with E-state index in [9.17, 15) is 9.59 Å². The number of aromatic nitrogens is 3. The highest BCUT2D eigenvalue weighted by atomic mass is 16.6. The summed E-state index contributed by atoms with van der Waals surface area (Å²) in [7, 11) is 0. The lowest BCUT2D eigenvalue weighted by Gasteiger charge is -2.38. The summed E-state index contributed by atoms with van der Waals surface area (Å²) in [5.74, 6) is 0.574. The van der Waals surface area contributed by atoms with Crippen molar-refractivity contribution in [2.75, 3.05) is 18.4 Å². The Morgan fingerprint density at radius 2 is 1.40 bits per heavy atom. The van der Waals surface area contributed by atoms with Gasteiger partial charge in [-0.1, -0.05) is 91.0 Å². The van der Waals surface area contributed by atoms with E-state index in [-0.39, 0.29) is 24.8 Å². The Kier molecular flexibility index (Phi) is 7.44. The lowest BCUT2D eigenvalue weighted by Crippen LogP contribution is -2.50. The first kappa shape index (κ1) is 28.2. The number of benzene rings is 3. The van der Waals surface area contributed by atoms with Crippen LogP contribution in [-0.2, 0) is 15.1 Å². The van der Waals surface area contributed by atoms with Crippen LogP contribution >= 0.6 is 0 Å². The van der Waals surface area contributed by atoms with Gasteiger partial charge in [-0.05, 0) is 43.5 Å². The maximum Gasteiger partial charge on any atom is 0.410 e. The summed E-state index contributed by atoms with van der Waals surface area (Å²) < 4.78 is 7.74. The molecule has 0 aliphatic carbocycles. The van der Waals surface area contributed by atoms with E-state index in [0.29, 0.717) is 12.4 Å². The van der Waals surface area contributed by atoms with Gasteiger partial charge in [-0.3, -0.25) is 9.69 Å². The third-order valence-corrected chi connectivity index (χ3v) is 7.69. The fraction of sp³-hybridized carbons (Fsp3) is 0.257. The fourth-order valence-corrected chi connectivity index (χ4v) is 6.00. The minimum atomic E-state index is -0.731.